The molecule has 0 heterocycles. The quantitative estimate of drug-likeness (QED) is 0.758. The molecule has 0 amide bonds. The summed E-state index contributed by atoms with van der Waals surface area (Å²) >= 11 is 5.86. The van der Waals surface area contributed by atoms with Gasteiger partial charge in [0, 0.05) is 30.8 Å². The van der Waals surface area contributed by atoms with E-state index in [1.807, 2.05) is 18.2 Å². The summed E-state index contributed by atoms with van der Waals surface area (Å²) < 4.78 is 10.2. The molecule has 0 aliphatic heterocycles. The molecule has 0 saturated carbocycles. The maximum absolute atomic E-state index is 5.86. The second-order valence-electron chi connectivity index (χ2n) is 3.13. The van der Waals surface area contributed by atoms with Crippen LogP contribution in [0.25, 0.3) is 0 Å². The van der Waals surface area contributed by atoms with Crippen molar-refractivity contribution in [2.45, 2.75) is 6.54 Å². The lowest BCUT2D eigenvalue weighted by Gasteiger charge is -2.09. The lowest BCUT2D eigenvalue weighted by atomic mass is 10.2. The summed E-state index contributed by atoms with van der Waals surface area (Å²) in [4.78, 5) is 0. The van der Waals surface area contributed by atoms with Crippen molar-refractivity contribution in [3.05, 3.63) is 28.8 Å². The molecule has 1 aromatic rings. The molecule has 3 nitrogen and oxygen atoms in total. The minimum atomic E-state index is 0.687. The summed E-state index contributed by atoms with van der Waals surface area (Å²) in [6, 6.07) is 5.63. The Morgan fingerprint density at radius 2 is 2.13 bits per heavy atom. The molecule has 0 unspecified atom stereocenters. The third kappa shape index (κ3) is 4.08. The molecule has 84 valence electrons. The van der Waals surface area contributed by atoms with E-state index >= 15 is 0 Å². The fourth-order valence-electron chi connectivity index (χ4n) is 1.26. The Morgan fingerprint density at radius 1 is 1.33 bits per heavy atom. The average Bonchev–Trinajstić information content (AvgIpc) is 2.26. The van der Waals surface area contributed by atoms with Crippen molar-refractivity contribution in [2.75, 3.05) is 27.4 Å². The van der Waals surface area contributed by atoms with E-state index in [9.17, 15) is 0 Å². The fraction of sp³-hybridized carbons (Fsp3) is 0.455. The first-order valence-corrected chi connectivity index (χ1v) is 5.17. The zero-order valence-corrected chi connectivity index (χ0v) is 9.80. The summed E-state index contributed by atoms with van der Waals surface area (Å²) in [6.07, 6.45) is 0. The maximum Gasteiger partial charge on any atom is 0.124 e. The van der Waals surface area contributed by atoms with E-state index in [2.05, 4.69) is 5.32 Å². The van der Waals surface area contributed by atoms with Gasteiger partial charge in [0.15, 0.2) is 0 Å². The van der Waals surface area contributed by atoms with Gasteiger partial charge in [0.05, 0.1) is 13.7 Å². The van der Waals surface area contributed by atoms with Gasteiger partial charge >= 0.3 is 0 Å². The van der Waals surface area contributed by atoms with Crippen LogP contribution < -0.4 is 10.1 Å². The largest absolute Gasteiger partial charge is 0.496 e. The topological polar surface area (TPSA) is 30.5 Å². The van der Waals surface area contributed by atoms with Gasteiger partial charge in [-0.1, -0.05) is 17.7 Å². The van der Waals surface area contributed by atoms with Crippen LogP contribution in [0.1, 0.15) is 5.56 Å². The van der Waals surface area contributed by atoms with Crippen LogP contribution in [0, 0.1) is 0 Å². The first-order valence-electron chi connectivity index (χ1n) is 4.80. The fourth-order valence-corrected chi connectivity index (χ4v) is 1.42. The molecule has 15 heavy (non-hydrogen) atoms. The second kappa shape index (κ2) is 6.67. The number of halogens is 1. The number of rotatable bonds is 6. The van der Waals surface area contributed by atoms with Gasteiger partial charge in [-0.25, -0.2) is 0 Å². The molecule has 0 atom stereocenters. The number of benzene rings is 1. The molecule has 1 rings (SSSR count). The zero-order chi connectivity index (χ0) is 11.1. The predicted octanol–water partition coefficient (Wildman–Crippen LogP) is 2.08. The average molecular weight is 230 g/mol. The molecular weight excluding hydrogens is 214 g/mol. The molecule has 0 bridgehead atoms. The molecule has 0 aliphatic carbocycles. The SMILES string of the molecule is COCCNCc1ccc(Cl)cc1OC. The molecule has 1 aromatic carbocycles. The van der Waals surface area contributed by atoms with Gasteiger partial charge in [-0.3, -0.25) is 0 Å². The Labute approximate surface area is 95.3 Å². The van der Waals surface area contributed by atoms with Crippen LogP contribution in [0.15, 0.2) is 18.2 Å². The van der Waals surface area contributed by atoms with Crippen LogP contribution in [0.2, 0.25) is 5.02 Å². The highest BCUT2D eigenvalue weighted by Gasteiger charge is 2.02. The van der Waals surface area contributed by atoms with Gasteiger partial charge < -0.3 is 14.8 Å². The van der Waals surface area contributed by atoms with Crippen LogP contribution in [-0.4, -0.2) is 27.4 Å². The molecule has 1 N–H and O–H groups in total. The van der Waals surface area contributed by atoms with E-state index in [4.69, 9.17) is 21.1 Å². The normalized spacial score (nSPS) is 10.3. The second-order valence-corrected chi connectivity index (χ2v) is 3.56. The van der Waals surface area contributed by atoms with Crippen LogP contribution in [0.5, 0.6) is 5.75 Å². The summed E-state index contributed by atoms with van der Waals surface area (Å²) in [5.74, 6) is 0.812. The third-order valence-corrected chi connectivity index (χ3v) is 2.28. The Bertz CT molecular complexity index is 305. The highest BCUT2D eigenvalue weighted by Crippen LogP contribution is 2.22. The van der Waals surface area contributed by atoms with Crippen LogP contribution in [0.4, 0.5) is 0 Å². The van der Waals surface area contributed by atoms with Crippen molar-refractivity contribution >= 4 is 11.6 Å². The summed E-state index contributed by atoms with van der Waals surface area (Å²) in [5.41, 5.74) is 1.10. The van der Waals surface area contributed by atoms with E-state index in [0.29, 0.717) is 11.6 Å². The summed E-state index contributed by atoms with van der Waals surface area (Å²) in [6.45, 7) is 2.28. The lowest BCUT2D eigenvalue weighted by Crippen LogP contribution is -2.18. The Kier molecular flexibility index (Phi) is 5.47. The van der Waals surface area contributed by atoms with Crippen molar-refractivity contribution < 1.29 is 9.47 Å². The van der Waals surface area contributed by atoms with Gasteiger partial charge in [0.1, 0.15) is 5.75 Å². The standard InChI is InChI=1S/C11H16ClNO2/c1-14-6-5-13-8-9-3-4-10(12)7-11(9)15-2/h3-4,7,13H,5-6,8H2,1-2H3. The number of hydrogen-bond donors (Lipinski definition) is 1. The third-order valence-electron chi connectivity index (χ3n) is 2.05. The number of methoxy groups -OCH3 is 2. The Hall–Kier alpha value is -0.770. The van der Waals surface area contributed by atoms with Crippen molar-refractivity contribution in [2.24, 2.45) is 0 Å². The van der Waals surface area contributed by atoms with Crippen molar-refractivity contribution in [3.63, 3.8) is 0 Å². The molecule has 0 spiro atoms. The van der Waals surface area contributed by atoms with Gasteiger partial charge in [-0.05, 0) is 12.1 Å². The molecule has 0 fully saturated rings. The zero-order valence-electron chi connectivity index (χ0n) is 9.05. The lowest BCUT2D eigenvalue weighted by molar-refractivity contribution is 0.199. The molecule has 0 saturated heterocycles. The Balaban J connectivity index is 2.52. The summed E-state index contributed by atoms with van der Waals surface area (Å²) in [5, 5.41) is 3.94. The van der Waals surface area contributed by atoms with Crippen molar-refractivity contribution in [1.29, 1.82) is 0 Å². The van der Waals surface area contributed by atoms with E-state index in [1.165, 1.54) is 0 Å². The molecule has 0 aromatic heterocycles. The monoisotopic (exact) mass is 229 g/mol. The van der Waals surface area contributed by atoms with Gasteiger partial charge in [-0.2, -0.15) is 0 Å². The van der Waals surface area contributed by atoms with Gasteiger partial charge in [-0.15, -0.1) is 0 Å². The van der Waals surface area contributed by atoms with Crippen molar-refractivity contribution in [3.8, 4) is 5.75 Å². The molecule has 0 radical (unpaired) electrons. The smallest absolute Gasteiger partial charge is 0.124 e. The summed E-state index contributed by atoms with van der Waals surface area (Å²) in [7, 11) is 3.33. The van der Waals surface area contributed by atoms with E-state index in [0.717, 1.165) is 24.4 Å². The first kappa shape index (κ1) is 12.3. The van der Waals surface area contributed by atoms with Crippen LogP contribution in [0.3, 0.4) is 0 Å². The predicted molar refractivity (Wildman–Crippen MR) is 61.6 cm³/mol. The highest BCUT2D eigenvalue weighted by atomic mass is 35.5. The number of hydrogen-bond acceptors (Lipinski definition) is 3. The van der Waals surface area contributed by atoms with Crippen LogP contribution in [-0.2, 0) is 11.3 Å². The van der Waals surface area contributed by atoms with Crippen molar-refractivity contribution in [1.82, 2.24) is 5.32 Å². The number of nitrogens with one attached hydrogen (secondary N) is 1. The molecule has 4 heteroatoms. The van der Waals surface area contributed by atoms with E-state index in [1.54, 1.807) is 14.2 Å². The highest BCUT2D eigenvalue weighted by molar-refractivity contribution is 6.30. The van der Waals surface area contributed by atoms with Gasteiger partial charge in [0.25, 0.3) is 0 Å². The van der Waals surface area contributed by atoms with Gasteiger partial charge in [0.2, 0.25) is 0 Å². The molecule has 0 aliphatic rings. The maximum atomic E-state index is 5.86. The minimum Gasteiger partial charge on any atom is -0.496 e. The van der Waals surface area contributed by atoms with E-state index in [-0.39, 0.29) is 0 Å². The van der Waals surface area contributed by atoms with E-state index < -0.39 is 0 Å². The Morgan fingerprint density at radius 3 is 2.80 bits per heavy atom. The number of ether oxygens (including phenoxy) is 2. The minimum absolute atomic E-state index is 0.687. The first-order chi connectivity index (χ1) is 7.27. The van der Waals surface area contributed by atoms with Crippen LogP contribution >= 0.6 is 11.6 Å². The molecular formula is C11H16ClNO2.